The van der Waals surface area contributed by atoms with Gasteiger partial charge in [0.05, 0.1) is 11.9 Å². The lowest BCUT2D eigenvalue weighted by Crippen LogP contribution is -2.53. The van der Waals surface area contributed by atoms with E-state index in [2.05, 4.69) is 21.2 Å². The number of para-hydroxylation sites is 1. The molecule has 0 unspecified atom stereocenters. The minimum absolute atomic E-state index is 0.150. The number of unbranched alkanes of at least 4 members (excludes halogenated alkanes) is 1. The van der Waals surface area contributed by atoms with E-state index in [4.69, 9.17) is 0 Å². The zero-order valence-corrected chi connectivity index (χ0v) is 24.1. The van der Waals surface area contributed by atoms with Gasteiger partial charge in [0.2, 0.25) is 21.8 Å². The molecule has 7 nitrogen and oxygen atoms in total. The van der Waals surface area contributed by atoms with Crippen LogP contribution in [0.3, 0.4) is 0 Å². The minimum Gasteiger partial charge on any atom is -0.354 e. The summed E-state index contributed by atoms with van der Waals surface area (Å²) in [5.74, 6) is -0.729. The number of sulfonamides is 1. The molecule has 0 fully saturated rings. The van der Waals surface area contributed by atoms with Crippen LogP contribution >= 0.6 is 15.9 Å². The van der Waals surface area contributed by atoms with E-state index in [0.29, 0.717) is 18.7 Å². The number of anilines is 1. The average Bonchev–Trinajstić information content (AvgIpc) is 2.90. The van der Waals surface area contributed by atoms with E-state index < -0.39 is 28.5 Å². The van der Waals surface area contributed by atoms with Gasteiger partial charge in [-0.3, -0.25) is 13.9 Å². The number of amides is 2. The van der Waals surface area contributed by atoms with Gasteiger partial charge in [-0.2, -0.15) is 0 Å². The molecule has 0 aromatic heterocycles. The van der Waals surface area contributed by atoms with Crippen molar-refractivity contribution in [3.05, 3.63) is 101 Å². The predicted molar refractivity (Wildman–Crippen MR) is 155 cm³/mol. The molecule has 0 heterocycles. The number of nitrogens with one attached hydrogen (secondary N) is 1. The number of rotatable bonds is 13. The maximum Gasteiger partial charge on any atom is 0.244 e. The Morgan fingerprint density at radius 2 is 1.50 bits per heavy atom. The van der Waals surface area contributed by atoms with E-state index in [9.17, 15) is 18.0 Å². The summed E-state index contributed by atoms with van der Waals surface area (Å²) in [4.78, 5) is 29.0. The second-order valence-electron chi connectivity index (χ2n) is 9.10. The number of carbonyl (C=O) groups is 2. The topological polar surface area (TPSA) is 86.8 Å². The Morgan fingerprint density at radius 3 is 2.08 bits per heavy atom. The number of nitrogens with zero attached hydrogens (tertiary/aromatic N) is 2. The standard InChI is InChI=1S/C29H34BrN3O4S/c1-3-4-19-31-29(35)27(20-23-11-7-5-8-12-23)32(21-24-15-17-25(30)18-16-24)28(34)22-33(38(2,36)37)26-13-9-6-10-14-26/h5-18,27H,3-4,19-22H2,1-2H3,(H,31,35)/t27-/m1/s1. The normalized spacial score (nSPS) is 12.0. The van der Waals surface area contributed by atoms with Gasteiger partial charge in [0.15, 0.2) is 0 Å². The van der Waals surface area contributed by atoms with Crippen molar-refractivity contribution >= 4 is 43.5 Å². The molecular formula is C29H34BrN3O4S. The van der Waals surface area contributed by atoms with Crippen LogP contribution in [-0.4, -0.2) is 50.5 Å². The zero-order chi connectivity index (χ0) is 27.5. The molecule has 0 saturated carbocycles. The van der Waals surface area contributed by atoms with Crippen LogP contribution in [0, 0.1) is 0 Å². The summed E-state index contributed by atoms with van der Waals surface area (Å²) in [6, 6.07) is 24.7. The number of hydrogen-bond donors (Lipinski definition) is 1. The van der Waals surface area contributed by atoms with E-state index in [1.54, 1.807) is 30.3 Å². The molecular weight excluding hydrogens is 566 g/mol. The number of hydrogen-bond acceptors (Lipinski definition) is 4. The van der Waals surface area contributed by atoms with Crippen LogP contribution in [-0.2, 0) is 32.6 Å². The Morgan fingerprint density at radius 1 is 0.895 bits per heavy atom. The Bertz CT molecular complexity index is 1290. The fourth-order valence-electron chi connectivity index (χ4n) is 4.05. The first-order valence-electron chi connectivity index (χ1n) is 12.6. The van der Waals surface area contributed by atoms with Gasteiger partial charge < -0.3 is 10.2 Å². The highest BCUT2D eigenvalue weighted by atomic mass is 79.9. The van der Waals surface area contributed by atoms with Crippen molar-refractivity contribution in [2.75, 3.05) is 23.7 Å². The molecule has 2 amide bonds. The van der Waals surface area contributed by atoms with Gasteiger partial charge >= 0.3 is 0 Å². The van der Waals surface area contributed by atoms with Crippen LogP contribution in [0.1, 0.15) is 30.9 Å². The molecule has 202 valence electrons. The SMILES string of the molecule is CCCCNC(=O)[C@@H](Cc1ccccc1)N(Cc1ccc(Br)cc1)C(=O)CN(c1ccccc1)S(C)(=O)=O. The molecule has 3 rings (SSSR count). The van der Waals surface area contributed by atoms with E-state index in [1.165, 1.54) is 4.90 Å². The third kappa shape index (κ3) is 8.70. The van der Waals surface area contributed by atoms with Crippen molar-refractivity contribution in [1.29, 1.82) is 0 Å². The lowest BCUT2D eigenvalue weighted by molar-refractivity contribution is -0.140. The largest absolute Gasteiger partial charge is 0.354 e. The quantitative estimate of drug-likeness (QED) is 0.287. The maximum atomic E-state index is 13.9. The second-order valence-corrected chi connectivity index (χ2v) is 11.9. The van der Waals surface area contributed by atoms with Crippen molar-refractivity contribution in [1.82, 2.24) is 10.2 Å². The van der Waals surface area contributed by atoms with Gasteiger partial charge in [-0.25, -0.2) is 8.42 Å². The van der Waals surface area contributed by atoms with Crippen molar-refractivity contribution in [3.63, 3.8) is 0 Å². The number of benzene rings is 3. The summed E-state index contributed by atoms with van der Waals surface area (Å²) in [5, 5.41) is 2.98. The summed E-state index contributed by atoms with van der Waals surface area (Å²) < 4.78 is 27.4. The van der Waals surface area contributed by atoms with E-state index in [1.807, 2.05) is 61.5 Å². The van der Waals surface area contributed by atoms with Crippen LogP contribution in [0.25, 0.3) is 0 Å². The number of halogens is 1. The molecule has 9 heteroatoms. The molecule has 1 atom stereocenters. The first-order chi connectivity index (χ1) is 18.2. The van der Waals surface area contributed by atoms with Gasteiger partial charge in [-0.05, 0) is 41.8 Å². The smallest absolute Gasteiger partial charge is 0.244 e. The Labute approximate surface area is 234 Å². The molecule has 1 N–H and O–H groups in total. The van der Waals surface area contributed by atoms with Gasteiger partial charge in [0.1, 0.15) is 12.6 Å². The van der Waals surface area contributed by atoms with Crippen molar-refractivity contribution in [2.45, 2.75) is 38.8 Å². The van der Waals surface area contributed by atoms with E-state index in [-0.39, 0.29) is 12.5 Å². The van der Waals surface area contributed by atoms with Gasteiger partial charge in [-0.15, -0.1) is 0 Å². The number of carbonyl (C=O) groups excluding carboxylic acids is 2. The summed E-state index contributed by atoms with van der Waals surface area (Å²) in [6.07, 6.45) is 3.11. The minimum atomic E-state index is -3.77. The summed E-state index contributed by atoms with van der Waals surface area (Å²) in [5.41, 5.74) is 2.12. The summed E-state index contributed by atoms with van der Waals surface area (Å²) in [7, 11) is -3.77. The zero-order valence-electron chi connectivity index (χ0n) is 21.7. The van der Waals surface area contributed by atoms with Crippen LogP contribution in [0.2, 0.25) is 0 Å². The first-order valence-corrected chi connectivity index (χ1v) is 15.2. The second kappa shape index (κ2) is 14.1. The van der Waals surface area contributed by atoms with Crippen LogP contribution in [0.5, 0.6) is 0 Å². The van der Waals surface area contributed by atoms with Gasteiger partial charge in [-0.1, -0.05) is 89.9 Å². The van der Waals surface area contributed by atoms with E-state index >= 15 is 0 Å². The van der Waals surface area contributed by atoms with Crippen molar-refractivity contribution < 1.29 is 18.0 Å². The first kappa shape index (κ1) is 29.4. The molecule has 0 radical (unpaired) electrons. The summed E-state index contributed by atoms with van der Waals surface area (Å²) in [6.45, 7) is 2.27. The molecule has 3 aromatic carbocycles. The van der Waals surface area contributed by atoms with Crippen LogP contribution in [0.4, 0.5) is 5.69 Å². The molecule has 0 spiro atoms. The average molecular weight is 601 g/mol. The molecule has 0 aliphatic heterocycles. The predicted octanol–water partition coefficient (Wildman–Crippen LogP) is 4.77. The van der Waals surface area contributed by atoms with Crippen LogP contribution in [0.15, 0.2) is 89.4 Å². The molecule has 0 saturated heterocycles. The Hall–Kier alpha value is -3.17. The molecule has 0 aliphatic carbocycles. The fourth-order valence-corrected chi connectivity index (χ4v) is 5.17. The van der Waals surface area contributed by atoms with E-state index in [0.717, 1.165) is 39.0 Å². The van der Waals surface area contributed by atoms with Gasteiger partial charge in [0, 0.05) is 24.0 Å². The Kier molecular flexibility index (Phi) is 10.9. The lowest BCUT2D eigenvalue weighted by atomic mass is 10.0. The van der Waals surface area contributed by atoms with Gasteiger partial charge in [0.25, 0.3) is 0 Å². The molecule has 3 aromatic rings. The maximum absolute atomic E-state index is 13.9. The third-order valence-corrected chi connectivity index (χ3v) is 7.76. The van der Waals surface area contributed by atoms with Crippen molar-refractivity contribution in [2.24, 2.45) is 0 Å². The molecule has 0 bridgehead atoms. The summed E-state index contributed by atoms with van der Waals surface area (Å²) >= 11 is 3.43. The monoisotopic (exact) mass is 599 g/mol. The highest BCUT2D eigenvalue weighted by molar-refractivity contribution is 9.10. The molecule has 0 aliphatic rings. The lowest BCUT2D eigenvalue weighted by Gasteiger charge is -2.33. The highest BCUT2D eigenvalue weighted by Gasteiger charge is 2.32. The van der Waals surface area contributed by atoms with Crippen LogP contribution < -0.4 is 9.62 Å². The molecule has 38 heavy (non-hydrogen) atoms. The van der Waals surface area contributed by atoms with Crippen molar-refractivity contribution in [3.8, 4) is 0 Å². The fraction of sp³-hybridized carbons (Fsp3) is 0.310. The Balaban J connectivity index is 2.01. The highest BCUT2D eigenvalue weighted by Crippen LogP contribution is 2.21. The third-order valence-electron chi connectivity index (χ3n) is 6.09.